The quantitative estimate of drug-likeness (QED) is 0.744. The van der Waals surface area contributed by atoms with Crippen LogP contribution in [0.25, 0.3) is 0 Å². The third-order valence-corrected chi connectivity index (χ3v) is 3.10. The number of hydrogen-bond acceptors (Lipinski definition) is 2. The number of piperidine rings is 1. The van der Waals surface area contributed by atoms with E-state index in [0.29, 0.717) is 6.04 Å². The lowest BCUT2D eigenvalue weighted by Gasteiger charge is -2.35. The molecule has 2 nitrogen and oxygen atoms in total. The molecule has 84 valence electrons. The van der Waals surface area contributed by atoms with Crippen LogP contribution in [0.4, 0.5) is 0 Å². The normalized spacial score (nSPS) is 24.9. The summed E-state index contributed by atoms with van der Waals surface area (Å²) in [5, 5.41) is 3.55. The van der Waals surface area contributed by atoms with E-state index in [0.717, 1.165) is 12.0 Å². The lowest BCUT2D eigenvalue weighted by Crippen LogP contribution is -2.43. The van der Waals surface area contributed by atoms with Crippen molar-refractivity contribution in [3.8, 4) is 0 Å². The van der Waals surface area contributed by atoms with Crippen molar-refractivity contribution in [1.82, 2.24) is 10.2 Å². The molecule has 0 aliphatic carbocycles. The SMILES string of the molecule is CC(C)NCC1CCCN(C(C)C)C1. The molecule has 1 saturated heterocycles. The van der Waals surface area contributed by atoms with Crippen LogP contribution < -0.4 is 5.32 Å². The van der Waals surface area contributed by atoms with Crippen LogP contribution in [0.5, 0.6) is 0 Å². The van der Waals surface area contributed by atoms with E-state index in [1.807, 2.05) is 0 Å². The third kappa shape index (κ3) is 3.97. The summed E-state index contributed by atoms with van der Waals surface area (Å²) in [4.78, 5) is 2.61. The van der Waals surface area contributed by atoms with Gasteiger partial charge in [-0.3, -0.25) is 0 Å². The number of likely N-dealkylation sites (tertiary alicyclic amines) is 1. The van der Waals surface area contributed by atoms with Gasteiger partial charge in [-0.05, 0) is 45.7 Å². The third-order valence-electron chi connectivity index (χ3n) is 3.10. The molecule has 0 radical (unpaired) electrons. The summed E-state index contributed by atoms with van der Waals surface area (Å²) in [6.45, 7) is 12.8. The van der Waals surface area contributed by atoms with Crippen molar-refractivity contribution in [3.63, 3.8) is 0 Å². The molecule has 1 heterocycles. The molecule has 1 fully saturated rings. The summed E-state index contributed by atoms with van der Waals surface area (Å²) in [5.74, 6) is 0.869. The molecule has 0 saturated carbocycles. The Kier molecular flexibility index (Phi) is 4.90. The average Bonchev–Trinajstić information content (AvgIpc) is 2.15. The van der Waals surface area contributed by atoms with Crippen LogP contribution in [-0.4, -0.2) is 36.6 Å². The van der Waals surface area contributed by atoms with E-state index in [1.54, 1.807) is 0 Å². The van der Waals surface area contributed by atoms with E-state index in [4.69, 9.17) is 0 Å². The Hall–Kier alpha value is -0.0800. The van der Waals surface area contributed by atoms with Crippen LogP contribution >= 0.6 is 0 Å². The molecule has 0 aromatic carbocycles. The van der Waals surface area contributed by atoms with Gasteiger partial charge in [-0.1, -0.05) is 13.8 Å². The van der Waals surface area contributed by atoms with Crippen molar-refractivity contribution >= 4 is 0 Å². The zero-order valence-electron chi connectivity index (χ0n) is 10.2. The smallest absolute Gasteiger partial charge is 0.00387 e. The van der Waals surface area contributed by atoms with Crippen LogP contribution in [0, 0.1) is 5.92 Å². The average molecular weight is 198 g/mol. The van der Waals surface area contributed by atoms with E-state index < -0.39 is 0 Å². The Morgan fingerprint density at radius 3 is 2.57 bits per heavy atom. The van der Waals surface area contributed by atoms with E-state index in [2.05, 4.69) is 37.9 Å². The van der Waals surface area contributed by atoms with Gasteiger partial charge < -0.3 is 10.2 Å². The fourth-order valence-electron chi connectivity index (χ4n) is 2.14. The Balaban J connectivity index is 2.25. The highest BCUT2D eigenvalue weighted by Gasteiger charge is 2.21. The van der Waals surface area contributed by atoms with Crippen LogP contribution in [0.15, 0.2) is 0 Å². The summed E-state index contributed by atoms with van der Waals surface area (Å²) in [7, 11) is 0. The van der Waals surface area contributed by atoms with Crippen molar-refractivity contribution in [2.75, 3.05) is 19.6 Å². The molecular weight excluding hydrogens is 172 g/mol. The Morgan fingerprint density at radius 1 is 1.29 bits per heavy atom. The lowest BCUT2D eigenvalue weighted by atomic mass is 9.97. The highest BCUT2D eigenvalue weighted by molar-refractivity contribution is 4.76. The Morgan fingerprint density at radius 2 is 2.00 bits per heavy atom. The van der Waals surface area contributed by atoms with Crippen LogP contribution in [0.3, 0.4) is 0 Å². The summed E-state index contributed by atoms with van der Waals surface area (Å²) in [5.41, 5.74) is 0. The summed E-state index contributed by atoms with van der Waals surface area (Å²) >= 11 is 0. The molecule has 1 aliphatic rings. The maximum absolute atomic E-state index is 3.55. The Labute approximate surface area is 89.1 Å². The molecule has 1 rings (SSSR count). The van der Waals surface area contributed by atoms with Gasteiger partial charge in [0.1, 0.15) is 0 Å². The lowest BCUT2D eigenvalue weighted by molar-refractivity contribution is 0.137. The first-order valence-corrected chi connectivity index (χ1v) is 6.07. The van der Waals surface area contributed by atoms with Gasteiger partial charge in [-0.2, -0.15) is 0 Å². The van der Waals surface area contributed by atoms with Crippen molar-refractivity contribution in [1.29, 1.82) is 0 Å². The highest BCUT2D eigenvalue weighted by atomic mass is 15.2. The second kappa shape index (κ2) is 5.72. The summed E-state index contributed by atoms with van der Waals surface area (Å²) < 4.78 is 0. The second-order valence-corrected chi connectivity index (χ2v) is 5.16. The molecule has 1 unspecified atom stereocenters. The molecule has 0 bridgehead atoms. The molecule has 0 aromatic heterocycles. The van der Waals surface area contributed by atoms with Crippen LogP contribution in [-0.2, 0) is 0 Å². The predicted molar refractivity (Wildman–Crippen MR) is 62.6 cm³/mol. The van der Waals surface area contributed by atoms with Crippen molar-refractivity contribution < 1.29 is 0 Å². The molecular formula is C12H26N2. The molecule has 14 heavy (non-hydrogen) atoms. The maximum Gasteiger partial charge on any atom is 0.00387 e. The van der Waals surface area contributed by atoms with Gasteiger partial charge in [0, 0.05) is 18.6 Å². The fraction of sp³-hybridized carbons (Fsp3) is 1.00. The second-order valence-electron chi connectivity index (χ2n) is 5.16. The van der Waals surface area contributed by atoms with Gasteiger partial charge in [0.15, 0.2) is 0 Å². The van der Waals surface area contributed by atoms with Gasteiger partial charge in [0.2, 0.25) is 0 Å². The van der Waals surface area contributed by atoms with E-state index in [9.17, 15) is 0 Å². The molecule has 1 aliphatic heterocycles. The Bertz CT molecular complexity index is 154. The number of nitrogens with zero attached hydrogens (tertiary/aromatic N) is 1. The number of rotatable bonds is 4. The summed E-state index contributed by atoms with van der Waals surface area (Å²) in [6.07, 6.45) is 2.78. The van der Waals surface area contributed by atoms with Gasteiger partial charge in [0.05, 0.1) is 0 Å². The number of nitrogens with one attached hydrogen (secondary N) is 1. The first kappa shape index (κ1) is 12.0. The molecule has 0 amide bonds. The topological polar surface area (TPSA) is 15.3 Å². The van der Waals surface area contributed by atoms with E-state index in [1.165, 1.54) is 32.5 Å². The molecule has 1 N–H and O–H groups in total. The van der Waals surface area contributed by atoms with E-state index >= 15 is 0 Å². The van der Waals surface area contributed by atoms with Gasteiger partial charge >= 0.3 is 0 Å². The zero-order valence-corrected chi connectivity index (χ0v) is 10.2. The largest absolute Gasteiger partial charge is 0.314 e. The zero-order chi connectivity index (χ0) is 10.6. The predicted octanol–water partition coefficient (Wildman–Crippen LogP) is 2.10. The van der Waals surface area contributed by atoms with Gasteiger partial charge in [0.25, 0.3) is 0 Å². The van der Waals surface area contributed by atoms with Gasteiger partial charge in [-0.25, -0.2) is 0 Å². The summed E-state index contributed by atoms with van der Waals surface area (Å²) in [6, 6.07) is 1.35. The molecule has 1 atom stereocenters. The first-order valence-electron chi connectivity index (χ1n) is 6.07. The standard InChI is InChI=1S/C12H26N2/c1-10(2)13-8-12-6-5-7-14(9-12)11(3)4/h10-13H,5-9H2,1-4H3. The minimum atomic E-state index is 0.629. The molecule has 2 heteroatoms. The van der Waals surface area contributed by atoms with E-state index in [-0.39, 0.29) is 0 Å². The highest BCUT2D eigenvalue weighted by Crippen LogP contribution is 2.17. The van der Waals surface area contributed by atoms with Crippen molar-refractivity contribution in [3.05, 3.63) is 0 Å². The van der Waals surface area contributed by atoms with Gasteiger partial charge in [-0.15, -0.1) is 0 Å². The maximum atomic E-state index is 3.55. The molecule has 0 spiro atoms. The van der Waals surface area contributed by atoms with Crippen molar-refractivity contribution in [2.45, 2.75) is 52.6 Å². The van der Waals surface area contributed by atoms with Crippen LogP contribution in [0.2, 0.25) is 0 Å². The number of hydrogen-bond donors (Lipinski definition) is 1. The molecule has 0 aromatic rings. The van der Waals surface area contributed by atoms with Crippen molar-refractivity contribution in [2.24, 2.45) is 5.92 Å². The minimum absolute atomic E-state index is 0.629. The minimum Gasteiger partial charge on any atom is -0.314 e. The monoisotopic (exact) mass is 198 g/mol. The fourth-order valence-corrected chi connectivity index (χ4v) is 2.14. The first-order chi connectivity index (χ1) is 6.59. The van der Waals surface area contributed by atoms with Crippen LogP contribution in [0.1, 0.15) is 40.5 Å².